The Kier molecular flexibility index (Phi) is 4.04. The average molecular weight is 263 g/mol. The van der Waals surface area contributed by atoms with E-state index in [0.717, 1.165) is 5.56 Å². The number of piperidine rings is 1. The minimum absolute atomic E-state index is 0.0399. The quantitative estimate of drug-likeness (QED) is 0.832. The summed E-state index contributed by atoms with van der Waals surface area (Å²) >= 11 is 0. The van der Waals surface area contributed by atoms with Crippen LogP contribution in [-0.4, -0.2) is 26.0 Å². The molecule has 1 aliphatic heterocycles. The molecule has 19 heavy (non-hydrogen) atoms. The van der Waals surface area contributed by atoms with Crippen molar-refractivity contribution in [1.82, 2.24) is 5.32 Å². The lowest BCUT2D eigenvalue weighted by Crippen LogP contribution is -2.39. The highest BCUT2D eigenvalue weighted by molar-refractivity contribution is 5.97. The van der Waals surface area contributed by atoms with Crippen LogP contribution in [0.15, 0.2) is 18.2 Å². The van der Waals surface area contributed by atoms with Crippen LogP contribution in [0.2, 0.25) is 0 Å². The Morgan fingerprint density at radius 3 is 2.05 bits per heavy atom. The molecule has 1 saturated heterocycles. The summed E-state index contributed by atoms with van der Waals surface area (Å²) in [6, 6.07) is 5.60. The van der Waals surface area contributed by atoms with Crippen LogP contribution in [0, 0.1) is 5.92 Å². The van der Waals surface area contributed by atoms with E-state index in [4.69, 9.17) is 9.47 Å². The summed E-state index contributed by atoms with van der Waals surface area (Å²) in [6.07, 6.45) is 1.42. The first-order chi connectivity index (χ1) is 9.10. The van der Waals surface area contributed by atoms with Gasteiger partial charge >= 0.3 is 0 Å². The van der Waals surface area contributed by atoms with E-state index in [2.05, 4.69) is 5.32 Å². The minimum Gasteiger partial charge on any atom is -0.497 e. The number of benzene rings is 1. The molecular weight excluding hydrogens is 246 g/mol. The lowest BCUT2D eigenvalue weighted by molar-refractivity contribution is -0.134. The molecule has 0 radical (unpaired) electrons. The highest BCUT2D eigenvalue weighted by Crippen LogP contribution is 2.26. The number of carbonyl (C=O) groups is 2. The third-order valence-electron chi connectivity index (χ3n) is 3.16. The average Bonchev–Trinajstić information content (AvgIpc) is 2.37. The predicted octanol–water partition coefficient (Wildman–Crippen LogP) is 1.30. The number of amides is 2. The molecule has 0 bridgehead atoms. The van der Waals surface area contributed by atoms with Gasteiger partial charge in [-0.3, -0.25) is 14.9 Å². The van der Waals surface area contributed by atoms with Crippen LogP contribution in [-0.2, 0) is 16.0 Å². The topological polar surface area (TPSA) is 64.6 Å². The summed E-state index contributed by atoms with van der Waals surface area (Å²) < 4.78 is 10.4. The molecule has 1 N–H and O–H groups in total. The largest absolute Gasteiger partial charge is 0.497 e. The third kappa shape index (κ3) is 3.47. The van der Waals surface area contributed by atoms with Gasteiger partial charge in [0.2, 0.25) is 11.8 Å². The number of nitrogens with one attached hydrogen (secondary N) is 1. The predicted molar refractivity (Wildman–Crippen MR) is 69.1 cm³/mol. The number of hydrogen-bond donors (Lipinski definition) is 1. The first-order valence-corrected chi connectivity index (χ1v) is 6.15. The number of ether oxygens (including phenoxy) is 2. The first-order valence-electron chi connectivity index (χ1n) is 6.15. The fraction of sp³-hybridized carbons (Fsp3) is 0.429. The third-order valence-corrected chi connectivity index (χ3v) is 3.16. The number of imide groups is 1. The molecule has 0 spiro atoms. The molecule has 1 aliphatic rings. The maximum atomic E-state index is 11.3. The van der Waals surface area contributed by atoms with Crippen LogP contribution in [0.4, 0.5) is 0 Å². The molecule has 1 aromatic rings. The highest BCUT2D eigenvalue weighted by Gasteiger charge is 2.25. The van der Waals surface area contributed by atoms with E-state index in [-0.39, 0.29) is 17.7 Å². The molecule has 102 valence electrons. The summed E-state index contributed by atoms with van der Waals surface area (Å²) in [5.41, 5.74) is 1.00. The van der Waals surface area contributed by atoms with E-state index in [0.29, 0.717) is 30.8 Å². The molecule has 0 saturated carbocycles. The molecule has 1 fully saturated rings. The van der Waals surface area contributed by atoms with E-state index < -0.39 is 0 Å². The standard InChI is InChI=1S/C14H17NO4/c1-18-11-4-9(5-12(8-11)19-2)3-10-6-13(16)15-14(17)7-10/h4-5,8,10H,3,6-7H2,1-2H3,(H,15,16,17). The Morgan fingerprint density at radius 1 is 1.05 bits per heavy atom. The number of hydrogen-bond acceptors (Lipinski definition) is 4. The van der Waals surface area contributed by atoms with Gasteiger partial charge in [0.25, 0.3) is 0 Å². The summed E-state index contributed by atoms with van der Waals surface area (Å²) in [7, 11) is 3.19. The van der Waals surface area contributed by atoms with Crippen LogP contribution in [0.25, 0.3) is 0 Å². The van der Waals surface area contributed by atoms with Gasteiger partial charge in [-0.1, -0.05) is 0 Å². The van der Waals surface area contributed by atoms with Crippen molar-refractivity contribution in [3.63, 3.8) is 0 Å². The van der Waals surface area contributed by atoms with E-state index in [1.165, 1.54) is 0 Å². The second-order valence-corrected chi connectivity index (χ2v) is 4.67. The second kappa shape index (κ2) is 5.73. The molecule has 5 nitrogen and oxygen atoms in total. The smallest absolute Gasteiger partial charge is 0.226 e. The molecular formula is C14H17NO4. The van der Waals surface area contributed by atoms with Crippen LogP contribution in [0.5, 0.6) is 11.5 Å². The van der Waals surface area contributed by atoms with E-state index in [1.807, 2.05) is 12.1 Å². The molecule has 1 heterocycles. The molecule has 5 heteroatoms. The Labute approximate surface area is 111 Å². The van der Waals surface area contributed by atoms with Gasteiger partial charge in [0.15, 0.2) is 0 Å². The molecule has 1 aromatic carbocycles. The maximum absolute atomic E-state index is 11.3. The zero-order valence-corrected chi connectivity index (χ0v) is 11.1. The Balaban J connectivity index is 2.13. The zero-order chi connectivity index (χ0) is 13.8. The van der Waals surface area contributed by atoms with Crippen LogP contribution in [0.1, 0.15) is 18.4 Å². The molecule has 0 aromatic heterocycles. The van der Waals surface area contributed by atoms with Gasteiger partial charge in [0, 0.05) is 18.9 Å². The second-order valence-electron chi connectivity index (χ2n) is 4.67. The SMILES string of the molecule is COc1cc(CC2CC(=O)NC(=O)C2)cc(OC)c1. The first kappa shape index (κ1) is 13.4. The van der Waals surface area contributed by atoms with E-state index in [1.54, 1.807) is 20.3 Å². The number of rotatable bonds is 4. The minimum atomic E-state index is -0.198. The van der Waals surface area contributed by atoms with Crippen molar-refractivity contribution in [2.45, 2.75) is 19.3 Å². The van der Waals surface area contributed by atoms with Crippen molar-refractivity contribution in [3.05, 3.63) is 23.8 Å². The zero-order valence-electron chi connectivity index (χ0n) is 11.1. The fourth-order valence-corrected chi connectivity index (χ4v) is 2.32. The Morgan fingerprint density at radius 2 is 1.58 bits per heavy atom. The van der Waals surface area contributed by atoms with Gasteiger partial charge < -0.3 is 9.47 Å². The summed E-state index contributed by atoms with van der Waals surface area (Å²) in [6.45, 7) is 0. The van der Waals surface area contributed by atoms with E-state index in [9.17, 15) is 9.59 Å². The number of carbonyl (C=O) groups excluding carboxylic acids is 2. The van der Waals surface area contributed by atoms with Crippen molar-refractivity contribution in [2.75, 3.05) is 14.2 Å². The molecule has 0 atom stereocenters. The Hall–Kier alpha value is -2.04. The Bertz CT molecular complexity index is 460. The van der Waals surface area contributed by atoms with Crippen molar-refractivity contribution in [1.29, 1.82) is 0 Å². The van der Waals surface area contributed by atoms with Gasteiger partial charge in [-0.15, -0.1) is 0 Å². The van der Waals surface area contributed by atoms with Crippen LogP contribution < -0.4 is 14.8 Å². The maximum Gasteiger partial charge on any atom is 0.226 e. The monoisotopic (exact) mass is 263 g/mol. The molecule has 0 unspecified atom stereocenters. The highest BCUT2D eigenvalue weighted by atomic mass is 16.5. The van der Waals surface area contributed by atoms with Gasteiger partial charge in [-0.05, 0) is 30.0 Å². The molecule has 2 amide bonds. The molecule has 0 aliphatic carbocycles. The van der Waals surface area contributed by atoms with Crippen LogP contribution >= 0.6 is 0 Å². The van der Waals surface area contributed by atoms with Gasteiger partial charge in [-0.2, -0.15) is 0 Å². The van der Waals surface area contributed by atoms with Crippen LogP contribution in [0.3, 0.4) is 0 Å². The normalized spacial score (nSPS) is 16.1. The van der Waals surface area contributed by atoms with Crippen molar-refractivity contribution < 1.29 is 19.1 Å². The summed E-state index contributed by atoms with van der Waals surface area (Å²) in [5.74, 6) is 1.06. The number of methoxy groups -OCH3 is 2. The fourth-order valence-electron chi connectivity index (χ4n) is 2.32. The van der Waals surface area contributed by atoms with Crippen molar-refractivity contribution >= 4 is 11.8 Å². The lowest BCUT2D eigenvalue weighted by Gasteiger charge is -2.21. The van der Waals surface area contributed by atoms with Crippen molar-refractivity contribution in [2.24, 2.45) is 5.92 Å². The summed E-state index contributed by atoms with van der Waals surface area (Å²) in [5, 5.41) is 2.31. The van der Waals surface area contributed by atoms with Gasteiger partial charge in [0.1, 0.15) is 11.5 Å². The lowest BCUT2D eigenvalue weighted by atomic mass is 9.90. The van der Waals surface area contributed by atoms with Gasteiger partial charge in [-0.25, -0.2) is 0 Å². The summed E-state index contributed by atoms with van der Waals surface area (Å²) in [4.78, 5) is 22.7. The van der Waals surface area contributed by atoms with E-state index >= 15 is 0 Å². The van der Waals surface area contributed by atoms with Gasteiger partial charge in [0.05, 0.1) is 14.2 Å². The molecule has 2 rings (SSSR count). The van der Waals surface area contributed by atoms with Crippen molar-refractivity contribution in [3.8, 4) is 11.5 Å².